The first kappa shape index (κ1) is 12.1. The Labute approximate surface area is 105 Å². The maximum Gasteiger partial charge on any atom is 0.126 e. The van der Waals surface area contributed by atoms with Crippen molar-refractivity contribution >= 4 is 17.0 Å². The first-order valence-corrected chi connectivity index (χ1v) is 6.44. The second-order valence-electron chi connectivity index (χ2n) is 4.26. The number of rotatable bonds is 3. The Hall–Kier alpha value is -1.35. The number of hydrogen-bond donors (Lipinski definition) is 1. The van der Waals surface area contributed by atoms with Crippen molar-refractivity contribution in [2.75, 3.05) is 5.32 Å². The SMILES string of the molecule is Cc1cc(CNc2ccc(F)c(C)c2)c(C)s1. The second-order valence-corrected chi connectivity index (χ2v) is 5.72. The predicted molar refractivity (Wildman–Crippen MR) is 72.3 cm³/mol. The summed E-state index contributed by atoms with van der Waals surface area (Å²) in [5, 5.41) is 3.32. The van der Waals surface area contributed by atoms with E-state index < -0.39 is 0 Å². The fraction of sp³-hybridized carbons (Fsp3) is 0.286. The van der Waals surface area contributed by atoms with E-state index in [9.17, 15) is 4.39 Å². The fourth-order valence-electron chi connectivity index (χ4n) is 1.81. The third kappa shape index (κ3) is 2.86. The van der Waals surface area contributed by atoms with Crippen LogP contribution in [0.5, 0.6) is 0 Å². The molecule has 1 aromatic heterocycles. The lowest BCUT2D eigenvalue weighted by atomic mass is 10.2. The van der Waals surface area contributed by atoms with Crippen LogP contribution >= 0.6 is 11.3 Å². The Bertz CT molecular complexity index is 531. The van der Waals surface area contributed by atoms with Crippen molar-refractivity contribution < 1.29 is 4.39 Å². The lowest BCUT2D eigenvalue weighted by Gasteiger charge is -2.07. The maximum atomic E-state index is 13.1. The van der Waals surface area contributed by atoms with Crippen LogP contribution in [0.15, 0.2) is 24.3 Å². The molecule has 0 radical (unpaired) electrons. The number of hydrogen-bond acceptors (Lipinski definition) is 2. The smallest absolute Gasteiger partial charge is 0.126 e. The lowest BCUT2D eigenvalue weighted by Crippen LogP contribution is -2.00. The van der Waals surface area contributed by atoms with Gasteiger partial charge in [0.1, 0.15) is 5.82 Å². The highest BCUT2D eigenvalue weighted by atomic mass is 32.1. The molecule has 0 saturated carbocycles. The molecular weight excluding hydrogens is 233 g/mol. The van der Waals surface area contributed by atoms with Crippen molar-refractivity contribution in [2.45, 2.75) is 27.3 Å². The fourth-order valence-corrected chi connectivity index (χ4v) is 2.76. The van der Waals surface area contributed by atoms with Gasteiger partial charge in [-0.15, -0.1) is 11.3 Å². The van der Waals surface area contributed by atoms with Gasteiger partial charge in [0.2, 0.25) is 0 Å². The molecule has 0 aliphatic heterocycles. The molecular formula is C14H16FNS. The van der Waals surface area contributed by atoms with Crippen LogP contribution in [0.2, 0.25) is 0 Å². The summed E-state index contributed by atoms with van der Waals surface area (Å²) in [6, 6.07) is 7.31. The van der Waals surface area contributed by atoms with Gasteiger partial charge in [-0.3, -0.25) is 0 Å². The summed E-state index contributed by atoms with van der Waals surface area (Å²) in [7, 11) is 0. The number of aryl methyl sites for hydroxylation is 3. The van der Waals surface area contributed by atoms with Crippen molar-refractivity contribution in [1.29, 1.82) is 0 Å². The summed E-state index contributed by atoms with van der Waals surface area (Å²) in [4.78, 5) is 2.67. The molecule has 1 nitrogen and oxygen atoms in total. The zero-order chi connectivity index (χ0) is 12.4. The molecule has 0 amide bonds. The molecule has 1 heterocycles. The highest BCUT2D eigenvalue weighted by Crippen LogP contribution is 2.22. The monoisotopic (exact) mass is 249 g/mol. The molecule has 0 atom stereocenters. The van der Waals surface area contributed by atoms with E-state index >= 15 is 0 Å². The van der Waals surface area contributed by atoms with Crippen molar-refractivity contribution in [3.05, 3.63) is 51.0 Å². The molecule has 1 aromatic carbocycles. The molecule has 0 saturated heterocycles. The van der Waals surface area contributed by atoms with Gasteiger partial charge in [-0.1, -0.05) is 0 Å². The third-order valence-electron chi connectivity index (χ3n) is 2.78. The summed E-state index contributed by atoms with van der Waals surface area (Å²) < 4.78 is 13.1. The van der Waals surface area contributed by atoms with E-state index in [0.717, 1.165) is 12.2 Å². The van der Waals surface area contributed by atoms with Gasteiger partial charge < -0.3 is 5.32 Å². The molecule has 3 heteroatoms. The van der Waals surface area contributed by atoms with E-state index in [-0.39, 0.29) is 5.82 Å². The van der Waals surface area contributed by atoms with Crippen molar-refractivity contribution in [3.8, 4) is 0 Å². The number of halogens is 1. The second kappa shape index (κ2) is 4.88. The summed E-state index contributed by atoms with van der Waals surface area (Å²) in [6.07, 6.45) is 0. The van der Waals surface area contributed by atoms with Gasteiger partial charge >= 0.3 is 0 Å². The number of nitrogens with one attached hydrogen (secondary N) is 1. The maximum absolute atomic E-state index is 13.1. The molecule has 0 fully saturated rings. The predicted octanol–water partition coefficient (Wildman–Crippen LogP) is 4.42. The molecule has 0 aliphatic rings. The van der Waals surface area contributed by atoms with E-state index in [1.807, 2.05) is 17.4 Å². The Kier molecular flexibility index (Phi) is 3.48. The molecule has 17 heavy (non-hydrogen) atoms. The normalized spacial score (nSPS) is 10.6. The third-order valence-corrected chi connectivity index (χ3v) is 3.79. The van der Waals surface area contributed by atoms with Gasteiger partial charge in [-0.05, 0) is 56.2 Å². The minimum absolute atomic E-state index is 0.155. The van der Waals surface area contributed by atoms with Gasteiger partial charge in [0.15, 0.2) is 0 Å². The van der Waals surface area contributed by atoms with E-state index in [2.05, 4.69) is 25.2 Å². The van der Waals surface area contributed by atoms with Crippen LogP contribution in [0.4, 0.5) is 10.1 Å². The van der Waals surface area contributed by atoms with E-state index in [0.29, 0.717) is 5.56 Å². The Balaban J connectivity index is 2.07. The first-order valence-electron chi connectivity index (χ1n) is 5.62. The van der Waals surface area contributed by atoms with Gasteiger partial charge in [-0.2, -0.15) is 0 Å². The topological polar surface area (TPSA) is 12.0 Å². The quantitative estimate of drug-likeness (QED) is 0.848. The van der Waals surface area contributed by atoms with Crippen LogP contribution in [-0.4, -0.2) is 0 Å². The Morgan fingerprint density at radius 2 is 1.94 bits per heavy atom. The van der Waals surface area contributed by atoms with Crippen molar-refractivity contribution in [1.82, 2.24) is 0 Å². The average Bonchev–Trinajstić information content (AvgIpc) is 2.59. The summed E-state index contributed by atoms with van der Waals surface area (Å²) in [6.45, 7) is 6.82. The highest BCUT2D eigenvalue weighted by molar-refractivity contribution is 7.12. The van der Waals surface area contributed by atoms with E-state index in [1.165, 1.54) is 21.4 Å². The molecule has 90 valence electrons. The van der Waals surface area contributed by atoms with Crippen molar-refractivity contribution in [3.63, 3.8) is 0 Å². The number of thiophene rings is 1. The largest absolute Gasteiger partial charge is 0.381 e. The van der Waals surface area contributed by atoms with E-state index in [4.69, 9.17) is 0 Å². The minimum Gasteiger partial charge on any atom is -0.381 e. The number of benzene rings is 1. The van der Waals surface area contributed by atoms with Crippen LogP contribution in [0.1, 0.15) is 20.9 Å². The molecule has 2 aromatic rings. The molecule has 0 spiro atoms. The minimum atomic E-state index is -0.155. The Morgan fingerprint density at radius 1 is 1.18 bits per heavy atom. The van der Waals surface area contributed by atoms with Crippen LogP contribution < -0.4 is 5.32 Å². The molecule has 0 bridgehead atoms. The van der Waals surface area contributed by atoms with Crippen LogP contribution in [-0.2, 0) is 6.54 Å². The highest BCUT2D eigenvalue weighted by Gasteiger charge is 2.03. The van der Waals surface area contributed by atoms with E-state index in [1.54, 1.807) is 13.0 Å². The summed E-state index contributed by atoms with van der Waals surface area (Å²) >= 11 is 1.81. The van der Waals surface area contributed by atoms with Crippen molar-refractivity contribution in [2.24, 2.45) is 0 Å². The molecule has 2 rings (SSSR count). The molecule has 0 aliphatic carbocycles. The lowest BCUT2D eigenvalue weighted by molar-refractivity contribution is 0.618. The van der Waals surface area contributed by atoms with Crippen LogP contribution in [0.25, 0.3) is 0 Å². The molecule has 0 unspecified atom stereocenters. The summed E-state index contributed by atoms with van der Waals surface area (Å²) in [5.41, 5.74) is 2.95. The van der Waals surface area contributed by atoms with Gasteiger partial charge in [-0.25, -0.2) is 4.39 Å². The zero-order valence-corrected chi connectivity index (χ0v) is 11.1. The van der Waals surface area contributed by atoms with Crippen LogP contribution in [0.3, 0.4) is 0 Å². The van der Waals surface area contributed by atoms with Crippen LogP contribution in [0, 0.1) is 26.6 Å². The first-order chi connectivity index (χ1) is 8.06. The number of anilines is 1. The zero-order valence-electron chi connectivity index (χ0n) is 10.3. The van der Waals surface area contributed by atoms with Gasteiger partial charge in [0, 0.05) is 22.0 Å². The summed E-state index contributed by atoms with van der Waals surface area (Å²) in [5.74, 6) is -0.155. The average molecular weight is 249 g/mol. The Morgan fingerprint density at radius 3 is 2.53 bits per heavy atom. The standard InChI is InChI=1S/C14H16FNS/c1-9-6-13(4-5-14(9)15)16-8-12-7-10(2)17-11(12)3/h4-7,16H,8H2,1-3H3. The van der Waals surface area contributed by atoms with Gasteiger partial charge in [0.05, 0.1) is 0 Å². The van der Waals surface area contributed by atoms with Gasteiger partial charge in [0.25, 0.3) is 0 Å². The molecule has 1 N–H and O–H groups in total.